The summed E-state index contributed by atoms with van der Waals surface area (Å²) in [4.78, 5) is 12.3. The molecule has 0 bridgehead atoms. The van der Waals surface area contributed by atoms with Crippen molar-refractivity contribution >= 4 is 23.4 Å². The van der Waals surface area contributed by atoms with Crippen molar-refractivity contribution in [3.8, 4) is 17.1 Å². The molecule has 0 atom stereocenters. The van der Waals surface area contributed by atoms with Gasteiger partial charge in [-0.1, -0.05) is 36.0 Å². The zero-order valence-corrected chi connectivity index (χ0v) is 16.9. The van der Waals surface area contributed by atoms with Crippen LogP contribution in [0.2, 0.25) is 0 Å². The number of ether oxygens (including phenoxy) is 1. The van der Waals surface area contributed by atoms with Crippen molar-refractivity contribution < 1.29 is 9.53 Å². The topological polar surface area (TPSA) is 95.1 Å². The van der Waals surface area contributed by atoms with Crippen LogP contribution >= 0.6 is 11.8 Å². The fourth-order valence-electron chi connectivity index (χ4n) is 2.67. The number of amides is 1. The molecule has 0 saturated carbocycles. The number of aryl methyl sites for hydroxylation is 1. The first-order valence-corrected chi connectivity index (χ1v) is 9.90. The summed E-state index contributed by atoms with van der Waals surface area (Å²) in [5.41, 5.74) is 3.80. The van der Waals surface area contributed by atoms with E-state index in [-0.39, 0.29) is 11.7 Å². The van der Waals surface area contributed by atoms with Gasteiger partial charge in [0.15, 0.2) is 5.82 Å². The number of nitrogens with one attached hydrogen (secondary N) is 1. The third-order valence-corrected chi connectivity index (χ3v) is 5.22. The molecule has 2 aromatic carbocycles. The zero-order chi connectivity index (χ0) is 20.1. The molecular formula is C20H23N5O2S. The Morgan fingerprint density at radius 3 is 2.79 bits per heavy atom. The van der Waals surface area contributed by atoms with E-state index in [4.69, 9.17) is 10.6 Å². The molecule has 3 rings (SSSR count). The van der Waals surface area contributed by atoms with Crippen LogP contribution in [0.1, 0.15) is 18.1 Å². The normalized spacial score (nSPS) is 10.7. The van der Waals surface area contributed by atoms with Crippen LogP contribution < -0.4 is 15.9 Å². The zero-order valence-electron chi connectivity index (χ0n) is 16.1. The Bertz CT molecular complexity index is 986. The first kappa shape index (κ1) is 19.8. The van der Waals surface area contributed by atoms with E-state index in [9.17, 15) is 4.79 Å². The Morgan fingerprint density at radius 2 is 2.00 bits per heavy atom. The maximum absolute atomic E-state index is 12.3. The molecule has 0 spiro atoms. The van der Waals surface area contributed by atoms with Crippen molar-refractivity contribution in [1.29, 1.82) is 0 Å². The molecule has 8 heteroatoms. The molecule has 3 N–H and O–H groups in total. The average molecular weight is 398 g/mol. The molecule has 1 aromatic heterocycles. The van der Waals surface area contributed by atoms with Gasteiger partial charge in [-0.05, 0) is 50.1 Å². The van der Waals surface area contributed by atoms with E-state index in [1.165, 1.54) is 16.4 Å². The highest BCUT2D eigenvalue weighted by Crippen LogP contribution is 2.25. The number of nitrogens with two attached hydrogens (primary N) is 1. The summed E-state index contributed by atoms with van der Waals surface area (Å²) in [6.45, 7) is 6.50. The van der Waals surface area contributed by atoms with Crippen LogP contribution in [0.4, 0.5) is 5.69 Å². The van der Waals surface area contributed by atoms with E-state index in [0.29, 0.717) is 17.6 Å². The van der Waals surface area contributed by atoms with Gasteiger partial charge in [0.25, 0.3) is 0 Å². The van der Waals surface area contributed by atoms with Crippen LogP contribution in [-0.4, -0.2) is 33.1 Å². The lowest BCUT2D eigenvalue weighted by Crippen LogP contribution is -2.17. The number of nitrogen functional groups attached to an aromatic ring is 1. The van der Waals surface area contributed by atoms with Crippen molar-refractivity contribution in [3.63, 3.8) is 0 Å². The molecular weight excluding hydrogens is 374 g/mol. The van der Waals surface area contributed by atoms with Crippen LogP contribution in [0.3, 0.4) is 0 Å². The Labute approximate surface area is 168 Å². The number of rotatable bonds is 7. The predicted octanol–water partition coefficient (Wildman–Crippen LogP) is 3.41. The van der Waals surface area contributed by atoms with Crippen molar-refractivity contribution in [2.45, 2.75) is 25.9 Å². The number of aromatic nitrogens is 3. The minimum absolute atomic E-state index is 0.124. The highest BCUT2D eigenvalue weighted by molar-refractivity contribution is 7.99. The van der Waals surface area contributed by atoms with E-state index < -0.39 is 0 Å². The quantitative estimate of drug-likeness (QED) is 0.469. The molecule has 0 unspecified atom stereocenters. The smallest absolute Gasteiger partial charge is 0.234 e. The van der Waals surface area contributed by atoms with E-state index in [1.807, 2.05) is 63.2 Å². The molecule has 28 heavy (non-hydrogen) atoms. The SMILES string of the molecule is CCOc1cccc(-c2nnc(SCC(=O)Nc3cccc(C)c3C)n2N)c1. The van der Waals surface area contributed by atoms with Gasteiger partial charge in [0.05, 0.1) is 12.4 Å². The van der Waals surface area contributed by atoms with Crippen molar-refractivity contribution in [1.82, 2.24) is 14.9 Å². The summed E-state index contributed by atoms with van der Waals surface area (Å²) in [5, 5.41) is 11.7. The maximum atomic E-state index is 12.3. The number of hydrogen-bond acceptors (Lipinski definition) is 6. The second-order valence-corrected chi connectivity index (χ2v) is 7.16. The number of anilines is 1. The summed E-state index contributed by atoms with van der Waals surface area (Å²) >= 11 is 1.24. The number of nitrogens with zero attached hydrogens (tertiary/aromatic N) is 3. The Hall–Kier alpha value is -3.00. The number of carbonyl (C=O) groups excluding carboxylic acids is 1. The van der Waals surface area contributed by atoms with Gasteiger partial charge >= 0.3 is 0 Å². The van der Waals surface area contributed by atoms with Gasteiger partial charge in [-0.3, -0.25) is 4.79 Å². The fraction of sp³-hybridized carbons (Fsp3) is 0.250. The fourth-order valence-corrected chi connectivity index (χ4v) is 3.32. The number of benzene rings is 2. The van der Waals surface area contributed by atoms with Crippen LogP contribution in [0.25, 0.3) is 11.4 Å². The Morgan fingerprint density at radius 1 is 1.21 bits per heavy atom. The molecule has 0 aliphatic carbocycles. The molecule has 1 amide bonds. The van der Waals surface area contributed by atoms with Gasteiger partial charge in [0.2, 0.25) is 11.1 Å². The van der Waals surface area contributed by atoms with E-state index in [0.717, 1.165) is 28.1 Å². The second kappa shape index (κ2) is 8.79. The minimum atomic E-state index is -0.124. The monoisotopic (exact) mass is 397 g/mol. The molecule has 7 nitrogen and oxygen atoms in total. The highest BCUT2D eigenvalue weighted by Gasteiger charge is 2.15. The van der Waals surface area contributed by atoms with Crippen LogP contribution in [0.5, 0.6) is 5.75 Å². The van der Waals surface area contributed by atoms with Gasteiger partial charge in [0.1, 0.15) is 5.75 Å². The summed E-state index contributed by atoms with van der Waals surface area (Å²) in [5.74, 6) is 7.45. The molecule has 0 aliphatic heterocycles. The summed E-state index contributed by atoms with van der Waals surface area (Å²) in [6.07, 6.45) is 0. The highest BCUT2D eigenvalue weighted by atomic mass is 32.2. The molecule has 3 aromatic rings. The van der Waals surface area contributed by atoms with E-state index >= 15 is 0 Å². The van der Waals surface area contributed by atoms with Crippen molar-refractivity contribution in [2.24, 2.45) is 0 Å². The molecule has 0 aliphatic rings. The van der Waals surface area contributed by atoms with E-state index in [2.05, 4.69) is 15.5 Å². The minimum Gasteiger partial charge on any atom is -0.494 e. The maximum Gasteiger partial charge on any atom is 0.234 e. The standard InChI is InChI=1S/C20H23N5O2S/c1-4-27-16-9-6-8-15(11-16)19-23-24-20(25(19)21)28-12-18(26)22-17-10-5-7-13(2)14(17)3/h5-11H,4,12,21H2,1-3H3,(H,22,26). The molecule has 146 valence electrons. The number of carbonyl (C=O) groups is 1. The van der Waals surface area contributed by atoms with Crippen LogP contribution in [0.15, 0.2) is 47.6 Å². The Balaban J connectivity index is 1.67. The van der Waals surface area contributed by atoms with E-state index in [1.54, 1.807) is 0 Å². The number of thioether (sulfide) groups is 1. The van der Waals surface area contributed by atoms with Crippen molar-refractivity contribution in [2.75, 3.05) is 23.5 Å². The third-order valence-electron chi connectivity index (χ3n) is 4.28. The molecule has 0 radical (unpaired) electrons. The average Bonchev–Trinajstić information content (AvgIpc) is 3.05. The first-order valence-electron chi connectivity index (χ1n) is 8.92. The Kier molecular flexibility index (Phi) is 6.20. The van der Waals surface area contributed by atoms with Gasteiger partial charge < -0.3 is 15.9 Å². The van der Waals surface area contributed by atoms with Crippen molar-refractivity contribution in [3.05, 3.63) is 53.6 Å². The van der Waals surface area contributed by atoms with Crippen LogP contribution in [-0.2, 0) is 4.79 Å². The second-order valence-electron chi connectivity index (χ2n) is 6.22. The summed E-state index contributed by atoms with van der Waals surface area (Å²) in [7, 11) is 0. The van der Waals surface area contributed by atoms with Gasteiger partial charge in [-0.25, -0.2) is 4.68 Å². The first-order chi connectivity index (χ1) is 13.5. The lowest BCUT2D eigenvalue weighted by molar-refractivity contribution is -0.113. The third kappa shape index (κ3) is 4.45. The number of hydrogen-bond donors (Lipinski definition) is 2. The molecule has 0 fully saturated rings. The van der Waals surface area contributed by atoms with Crippen LogP contribution in [0, 0.1) is 13.8 Å². The summed E-state index contributed by atoms with van der Waals surface area (Å²) < 4.78 is 6.90. The van der Waals surface area contributed by atoms with Gasteiger partial charge in [-0.2, -0.15) is 0 Å². The van der Waals surface area contributed by atoms with Gasteiger partial charge in [0, 0.05) is 11.3 Å². The lowest BCUT2D eigenvalue weighted by atomic mass is 10.1. The lowest BCUT2D eigenvalue weighted by Gasteiger charge is -2.10. The molecule has 1 heterocycles. The molecule has 0 saturated heterocycles. The summed E-state index contributed by atoms with van der Waals surface area (Å²) in [6, 6.07) is 13.3. The van der Waals surface area contributed by atoms with Gasteiger partial charge in [-0.15, -0.1) is 10.2 Å². The predicted molar refractivity (Wildman–Crippen MR) is 112 cm³/mol. The largest absolute Gasteiger partial charge is 0.494 e.